The zero-order valence-corrected chi connectivity index (χ0v) is 18.5. The lowest BCUT2D eigenvalue weighted by Crippen LogP contribution is -2.44. The Balaban J connectivity index is 2.53. The van der Waals surface area contributed by atoms with E-state index < -0.39 is 12.0 Å². The summed E-state index contributed by atoms with van der Waals surface area (Å²) in [6.45, 7) is 6.60. The Kier molecular flexibility index (Phi) is 12.1. The molecule has 0 spiro atoms. The number of amides is 1. The number of hydrogen-bond donors (Lipinski definition) is 2. The molecule has 0 saturated carbocycles. The van der Waals surface area contributed by atoms with Crippen LogP contribution in [0.1, 0.15) is 44.7 Å². The molecule has 168 valence electrons. The lowest BCUT2D eigenvalue weighted by molar-refractivity contribution is -0.133. The molecule has 0 unspecified atom stereocenters. The van der Waals surface area contributed by atoms with Crippen molar-refractivity contribution in [2.45, 2.75) is 52.7 Å². The fourth-order valence-corrected chi connectivity index (χ4v) is 2.93. The first-order valence-corrected chi connectivity index (χ1v) is 10.4. The van der Waals surface area contributed by atoms with E-state index in [1.165, 1.54) is 0 Å². The number of Topliss-reactive ketones (excluding diaryl/α,β-unsaturated/α-hetero) is 2. The molecule has 1 aromatic rings. The largest absolute Gasteiger partial charge is 0.392 e. The van der Waals surface area contributed by atoms with Crippen LogP contribution >= 0.6 is 0 Å². The van der Waals surface area contributed by atoms with Gasteiger partial charge in [-0.05, 0) is 24.0 Å². The third-order valence-electron chi connectivity index (χ3n) is 4.97. The molecule has 2 atom stereocenters. The molecule has 0 aliphatic heterocycles. The predicted octanol–water partition coefficient (Wildman–Crippen LogP) is 2.08. The topological polar surface area (TPSA) is 102 Å². The van der Waals surface area contributed by atoms with E-state index in [0.717, 1.165) is 11.1 Å². The number of benzene rings is 1. The summed E-state index contributed by atoms with van der Waals surface area (Å²) in [6.07, 6.45) is 0.566. The van der Waals surface area contributed by atoms with Gasteiger partial charge in [0.1, 0.15) is 5.78 Å². The van der Waals surface area contributed by atoms with Gasteiger partial charge in [-0.2, -0.15) is 0 Å². The molecule has 0 aliphatic rings. The molecule has 2 N–H and O–H groups in total. The molecule has 1 amide bonds. The van der Waals surface area contributed by atoms with Crippen LogP contribution in [-0.2, 0) is 36.9 Å². The zero-order chi connectivity index (χ0) is 22.5. The number of ether oxygens (including phenoxy) is 2. The number of ketones is 2. The monoisotopic (exact) mass is 421 g/mol. The van der Waals surface area contributed by atoms with Gasteiger partial charge in [-0.15, -0.1) is 0 Å². The van der Waals surface area contributed by atoms with Crippen molar-refractivity contribution >= 4 is 17.5 Å². The fraction of sp³-hybridized carbons (Fsp3) is 0.609. The minimum absolute atomic E-state index is 0.0308. The van der Waals surface area contributed by atoms with Gasteiger partial charge >= 0.3 is 0 Å². The summed E-state index contributed by atoms with van der Waals surface area (Å²) >= 11 is 0. The molecule has 0 bridgehead atoms. The highest BCUT2D eigenvalue weighted by molar-refractivity contribution is 5.92. The zero-order valence-electron chi connectivity index (χ0n) is 18.5. The van der Waals surface area contributed by atoms with E-state index in [0.29, 0.717) is 19.8 Å². The first-order valence-electron chi connectivity index (χ1n) is 10.4. The number of carbonyl (C=O) groups excluding carboxylic acids is 3. The summed E-state index contributed by atoms with van der Waals surface area (Å²) < 4.78 is 10.2. The van der Waals surface area contributed by atoms with Crippen molar-refractivity contribution < 1.29 is 29.0 Å². The lowest BCUT2D eigenvalue weighted by Gasteiger charge is -2.22. The molecule has 1 rings (SSSR count). The molecular weight excluding hydrogens is 386 g/mol. The number of methoxy groups -OCH3 is 1. The van der Waals surface area contributed by atoms with E-state index >= 15 is 0 Å². The van der Waals surface area contributed by atoms with E-state index in [4.69, 9.17) is 14.6 Å². The van der Waals surface area contributed by atoms with Gasteiger partial charge in [-0.3, -0.25) is 14.4 Å². The maximum absolute atomic E-state index is 12.7. The van der Waals surface area contributed by atoms with Crippen molar-refractivity contribution in [3.63, 3.8) is 0 Å². The second-order valence-electron chi connectivity index (χ2n) is 7.80. The minimum Gasteiger partial charge on any atom is -0.392 e. The summed E-state index contributed by atoms with van der Waals surface area (Å²) in [5.74, 6) is -0.952. The molecular formula is C23H35NO6. The highest BCUT2D eigenvalue weighted by Gasteiger charge is 2.27. The quantitative estimate of drug-likeness (QED) is 0.421. The molecule has 0 fully saturated rings. The number of rotatable bonds is 15. The molecule has 7 nitrogen and oxygen atoms in total. The first kappa shape index (κ1) is 25.9. The molecule has 7 heteroatoms. The fourth-order valence-electron chi connectivity index (χ4n) is 2.93. The number of aliphatic hydroxyl groups excluding tert-OH is 1. The van der Waals surface area contributed by atoms with Crippen LogP contribution in [-0.4, -0.2) is 55.6 Å². The van der Waals surface area contributed by atoms with Crippen molar-refractivity contribution in [1.82, 2.24) is 5.32 Å². The minimum atomic E-state index is -0.649. The van der Waals surface area contributed by atoms with E-state index in [1.54, 1.807) is 38.3 Å². The lowest BCUT2D eigenvalue weighted by atomic mass is 9.88. The van der Waals surface area contributed by atoms with Crippen LogP contribution in [0.2, 0.25) is 0 Å². The van der Waals surface area contributed by atoms with Gasteiger partial charge in [0.2, 0.25) is 5.91 Å². The van der Waals surface area contributed by atoms with Crippen molar-refractivity contribution in [2.24, 2.45) is 11.8 Å². The van der Waals surface area contributed by atoms with E-state index in [-0.39, 0.29) is 49.3 Å². The van der Waals surface area contributed by atoms with Gasteiger partial charge in [0.25, 0.3) is 0 Å². The molecule has 0 saturated heterocycles. The Morgan fingerprint density at radius 3 is 2.20 bits per heavy atom. The van der Waals surface area contributed by atoms with Crippen LogP contribution in [0.4, 0.5) is 0 Å². The third-order valence-corrected chi connectivity index (χ3v) is 4.97. The van der Waals surface area contributed by atoms with E-state index in [1.807, 2.05) is 13.8 Å². The van der Waals surface area contributed by atoms with Crippen molar-refractivity contribution in [3.05, 3.63) is 35.4 Å². The normalized spacial score (nSPS) is 13.1. The Hall–Kier alpha value is -2.09. The molecule has 0 aliphatic carbocycles. The third kappa shape index (κ3) is 9.61. The summed E-state index contributed by atoms with van der Waals surface area (Å²) in [6, 6.07) is 6.48. The molecule has 0 aromatic heterocycles. The van der Waals surface area contributed by atoms with Crippen LogP contribution in [0.25, 0.3) is 0 Å². The number of hydrogen-bond acceptors (Lipinski definition) is 6. The Labute approximate surface area is 179 Å². The average Bonchev–Trinajstić information content (AvgIpc) is 2.72. The van der Waals surface area contributed by atoms with Crippen molar-refractivity contribution in [1.29, 1.82) is 0 Å². The van der Waals surface area contributed by atoms with Gasteiger partial charge < -0.3 is 19.9 Å². The maximum atomic E-state index is 12.7. The standard InChI is InChI=1S/C23H35NO6/c1-16(2)21(14-20(26)9-10-30-12-11-29-4)23(28)24-17(3)22(27)13-18-5-7-19(15-25)8-6-18/h5-8,16-17,21,25H,9-15H2,1-4H3,(H,24,28)/t17-,21-/m0/s1. The second kappa shape index (κ2) is 14.0. The smallest absolute Gasteiger partial charge is 0.224 e. The summed E-state index contributed by atoms with van der Waals surface area (Å²) in [7, 11) is 1.58. The Morgan fingerprint density at radius 2 is 1.63 bits per heavy atom. The van der Waals surface area contributed by atoms with Crippen LogP contribution in [0.5, 0.6) is 0 Å². The Bertz CT molecular complexity index is 671. The first-order chi connectivity index (χ1) is 14.3. The highest BCUT2D eigenvalue weighted by Crippen LogP contribution is 2.17. The summed E-state index contributed by atoms with van der Waals surface area (Å²) in [4.78, 5) is 37.4. The van der Waals surface area contributed by atoms with Crippen LogP contribution in [0.15, 0.2) is 24.3 Å². The Morgan fingerprint density at radius 1 is 1.00 bits per heavy atom. The van der Waals surface area contributed by atoms with E-state index in [2.05, 4.69) is 5.32 Å². The highest BCUT2D eigenvalue weighted by atomic mass is 16.5. The van der Waals surface area contributed by atoms with E-state index in [9.17, 15) is 14.4 Å². The second-order valence-corrected chi connectivity index (χ2v) is 7.80. The van der Waals surface area contributed by atoms with Gasteiger partial charge in [0.15, 0.2) is 5.78 Å². The number of carbonyl (C=O) groups is 3. The van der Waals surface area contributed by atoms with Crippen LogP contribution in [0.3, 0.4) is 0 Å². The number of aliphatic hydroxyl groups is 1. The van der Waals surface area contributed by atoms with Gasteiger partial charge in [-0.25, -0.2) is 0 Å². The molecule has 1 aromatic carbocycles. The number of nitrogens with one attached hydrogen (secondary N) is 1. The average molecular weight is 422 g/mol. The van der Waals surface area contributed by atoms with Crippen LogP contribution < -0.4 is 5.32 Å². The maximum Gasteiger partial charge on any atom is 0.224 e. The SMILES string of the molecule is COCCOCCC(=O)C[C@H](C(=O)N[C@@H](C)C(=O)Cc1ccc(CO)cc1)C(C)C. The molecule has 30 heavy (non-hydrogen) atoms. The predicted molar refractivity (Wildman–Crippen MR) is 114 cm³/mol. The van der Waals surface area contributed by atoms with Gasteiger partial charge in [0.05, 0.1) is 32.5 Å². The molecule has 0 radical (unpaired) electrons. The summed E-state index contributed by atoms with van der Waals surface area (Å²) in [5, 5.41) is 11.9. The summed E-state index contributed by atoms with van der Waals surface area (Å²) in [5.41, 5.74) is 1.60. The van der Waals surface area contributed by atoms with Crippen molar-refractivity contribution in [2.75, 3.05) is 26.9 Å². The molecule has 0 heterocycles. The van der Waals surface area contributed by atoms with Crippen LogP contribution in [0, 0.1) is 11.8 Å². The van der Waals surface area contributed by atoms with Gasteiger partial charge in [0, 0.05) is 32.3 Å². The van der Waals surface area contributed by atoms with Crippen molar-refractivity contribution in [3.8, 4) is 0 Å². The van der Waals surface area contributed by atoms with Gasteiger partial charge in [-0.1, -0.05) is 38.1 Å².